The number of amides is 1. The smallest absolute Gasteiger partial charge is 0.270 e. The highest BCUT2D eigenvalue weighted by molar-refractivity contribution is 7.14. The van der Waals surface area contributed by atoms with Crippen molar-refractivity contribution >= 4 is 39.4 Å². The van der Waals surface area contributed by atoms with Crippen LogP contribution in [0.2, 0.25) is 0 Å². The SMILES string of the molecule is NCCCCNCCCNC(=O)c1csc(-c2csc(CCNCc3cccc4ccccc34)n2)n1. The summed E-state index contributed by atoms with van der Waals surface area (Å²) in [4.78, 5) is 21.7. The van der Waals surface area contributed by atoms with Crippen LogP contribution in [-0.2, 0) is 13.0 Å². The lowest BCUT2D eigenvalue weighted by atomic mass is 10.0. The maximum atomic E-state index is 12.4. The van der Waals surface area contributed by atoms with Crippen molar-refractivity contribution in [3.8, 4) is 10.7 Å². The number of carbonyl (C=O) groups is 1. The van der Waals surface area contributed by atoms with Crippen LogP contribution in [0.3, 0.4) is 0 Å². The Kier molecular flexibility index (Phi) is 10.4. The molecule has 190 valence electrons. The molecule has 0 fully saturated rings. The Morgan fingerprint density at radius 3 is 2.64 bits per heavy atom. The zero-order valence-corrected chi connectivity index (χ0v) is 22.1. The van der Waals surface area contributed by atoms with E-state index in [1.165, 1.54) is 27.7 Å². The third kappa shape index (κ3) is 7.65. The predicted molar refractivity (Wildman–Crippen MR) is 151 cm³/mol. The first-order valence-corrected chi connectivity index (χ1v) is 14.3. The fraction of sp³-hybridized carbons (Fsp3) is 0.370. The van der Waals surface area contributed by atoms with Gasteiger partial charge in [-0.25, -0.2) is 9.97 Å². The highest BCUT2D eigenvalue weighted by atomic mass is 32.1. The van der Waals surface area contributed by atoms with Gasteiger partial charge in [-0.1, -0.05) is 42.5 Å². The van der Waals surface area contributed by atoms with Gasteiger partial charge in [-0.3, -0.25) is 4.79 Å². The van der Waals surface area contributed by atoms with Crippen LogP contribution in [0.15, 0.2) is 53.2 Å². The number of nitrogens with one attached hydrogen (secondary N) is 3. The van der Waals surface area contributed by atoms with Gasteiger partial charge >= 0.3 is 0 Å². The maximum Gasteiger partial charge on any atom is 0.270 e. The standard InChI is InChI=1S/C27H34N6OS2/c28-12-3-4-13-29-14-6-15-31-26(34)23-18-36-27(33-23)24-19-35-25(32-24)11-16-30-17-21-9-5-8-20-7-1-2-10-22(20)21/h1-2,5,7-10,18-19,29-30H,3-4,6,11-17,28H2,(H,31,34). The van der Waals surface area contributed by atoms with Gasteiger partial charge in [-0.2, -0.15) is 0 Å². The molecule has 0 saturated heterocycles. The van der Waals surface area contributed by atoms with E-state index in [9.17, 15) is 4.79 Å². The number of hydrogen-bond donors (Lipinski definition) is 4. The second-order valence-corrected chi connectivity index (χ2v) is 10.4. The van der Waals surface area contributed by atoms with Gasteiger partial charge in [0.2, 0.25) is 0 Å². The van der Waals surface area contributed by atoms with Crippen molar-refractivity contribution in [1.82, 2.24) is 25.9 Å². The minimum atomic E-state index is -0.131. The van der Waals surface area contributed by atoms with Gasteiger partial charge in [0.1, 0.15) is 16.4 Å². The van der Waals surface area contributed by atoms with Crippen molar-refractivity contribution in [2.45, 2.75) is 32.2 Å². The summed E-state index contributed by atoms with van der Waals surface area (Å²) >= 11 is 3.10. The molecule has 2 aromatic heterocycles. The monoisotopic (exact) mass is 522 g/mol. The zero-order valence-electron chi connectivity index (χ0n) is 20.5. The Morgan fingerprint density at radius 2 is 1.72 bits per heavy atom. The van der Waals surface area contributed by atoms with Crippen molar-refractivity contribution in [3.05, 3.63) is 69.5 Å². The largest absolute Gasteiger partial charge is 0.351 e. The number of unbranched alkanes of at least 4 members (excludes halogenated alkanes) is 1. The topological polar surface area (TPSA) is 105 Å². The Labute approximate surface area is 220 Å². The number of nitrogens with zero attached hydrogens (tertiary/aromatic N) is 2. The summed E-state index contributed by atoms with van der Waals surface area (Å²) in [5.74, 6) is -0.131. The number of benzene rings is 2. The minimum absolute atomic E-state index is 0.131. The molecule has 9 heteroatoms. The third-order valence-corrected chi connectivity index (χ3v) is 7.62. The predicted octanol–water partition coefficient (Wildman–Crippen LogP) is 4.20. The molecule has 7 nitrogen and oxygen atoms in total. The molecule has 0 aliphatic rings. The van der Waals surface area contributed by atoms with Gasteiger partial charge < -0.3 is 21.7 Å². The lowest BCUT2D eigenvalue weighted by Crippen LogP contribution is -2.28. The summed E-state index contributed by atoms with van der Waals surface area (Å²) in [6.45, 7) is 4.89. The first-order chi connectivity index (χ1) is 17.7. The van der Waals surface area contributed by atoms with E-state index in [0.29, 0.717) is 12.2 Å². The Morgan fingerprint density at radius 1 is 0.861 bits per heavy atom. The van der Waals surface area contributed by atoms with Gasteiger partial charge in [-0.05, 0) is 55.2 Å². The summed E-state index contributed by atoms with van der Waals surface area (Å²) in [6.07, 6.45) is 3.87. The summed E-state index contributed by atoms with van der Waals surface area (Å²) in [6, 6.07) is 14.9. The minimum Gasteiger partial charge on any atom is -0.351 e. The molecule has 4 rings (SSSR count). The van der Waals surface area contributed by atoms with Crippen LogP contribution < -0.4 is 21.7 Å². The third-order valence-electron chi connectivity index (χ3n) is 5.84. The van der Waals surface area contributed by atoms with Gasteiger partial charge in [0.25, 0.3) is 5.91 Å². The fourth-order valence-corrected chi connectivity index (χ4v) is 5.53. The molecule has 0 radical (unpaired) electrons. The number of hydrogen-bond acceptors (Lipinski definition) is 8. The van der Waals surface area contributed by atoms with E-state index < -0.39 is 0 Å². The van der Waals surface area contributed by atoms with Crippen molar-refractivity contribution in [2.75, 3.05) is 32.7 Å². The van der Waals surface area contributed by atoms with Crippen molar-refractivity contribution < 1.29 is 4.79 Å². The number of fused-ring (bicyclic) bond motifs is 1. The summed E-state index contributed by atoms with van der Waals surface area (Å²) in [5.41, 5.74) is 8.09. The second kappa shape index (κ2) is 14.2. The van der Waals surface area contributed by atoms with E-state index in [1.54, 1.807) is 16.7 Å². The summed E-state index contributed by atoms with van der Waals surface area (Å²) < 4.78 is 0. The maximum absolute atomic E-state index is 12.4. The quantitative estimate of drug-likeness (QED) is 0.174. The zero-order chi connectivity index (χ0) is 25.0. The van der Waals surface area contributed by atoms with Gasteiger partial charge in [0, 0.05) is 36.8 Å². The molecule has 36 heavy (non-hydrogen) atoms. The number of thiazole rings is 2. The van der Waals surface area contributed by atoms with Crippen LogP contribution >= 0.6 is 22.7 Å². The molecule has 0 spiro atoms. The number of carbonyl (C=O) groups excluding carboxylic acids is 1. The normalized spacial score (nSPS) is 11.2. The van der Waals surface area contributed by atoms with E-state index in [0.717, 1.165) is 74.1 Å². The van der Waals surface area contributed by atoms with Crippen LogP contribution in [0.5, 0.6) is 0 Å². The number of nitrogens with two attached hydrogens (primary N) is 1. The molecule has 0 saturated carbocycles. The van der Waals surface area contributed by atoms with E-state index in [4.69, 9.17) is 10.7 Å². The van der Waals surface area contributed by atoms with Crippen LogP contribution in [0.4, 0.5) is 0 Å². The van der Waals surface area contributed by atoms with E-state index in [2.05, 4.69) is 63.4 Å². The molecule has 0 atom stereocenters. The second-order valence-electron chi connectivity index (χ2n) is 8.58. The molecule has 2 heterocycles. The molecular weight excluding hydrogens is 488 g/mol. The lowest BCUT2D eigenvalue weighted by Gasteiger charge is -2.07. The van der Waals surface area contributed by atoms with E-state index in [1.807, 2.05) is 5.38 Å². The molecule has 0 aliphatic carbocycles. The van der Waals surface area contributed by atoms with Gasteiger partial charge in [-0.15, -0.1) is 22.7 Å². The Bertz CT molecular complexity index is 1230. The van der Waals surface area contributed by atoms with E-state index in [-0.39, 0.29) is 5.91 Å². The molecule has 0 bridgehead atoms. The molecular formula is C27H34N6OS2. The number of rotatable bonds is 15. The molecule has 0 aliphatic heterocycles. The van der Waals surface area contributed by atoms with Crippen LogP contribution in [-0.4, -0.2) is 48.6 Å². The number of aromatic nitrogens is 2. The first kappa shape index (κ1) is 26.4. The van der Waals surface area contributed by atoms with Crippen LogP contribution in [0.25, 0.3) is 21.5 Å². The molecule has 5 N–H and O–H groups in total. The lowest BCUT2D eigenvalue weighted by molar-refractivity contribution is 0.0949. The summed E-state index contributed by atoms with van der Waals surface area (Å²) in [5, 5.41) is 18.1. The van der Waals surface area contributed by atoms with E-state index >= 15 is 0 Å². The Balaban J connectivity index is 1.18. The highest BCUT2D eigenvalue weighted by Gasteiger charge is 2.13. The highest BCUT2D eigenvalue weighted by Crippen LogP contribution is 2.25. The van der Waals surface area contributed by atoms with Gasteiger partial charge in [0.15, 0.2) is 0 Å². The molecule has 4 aromatic rings. The van der Waals surface area contributed by atoms with Crippen molar-refractivity contribution in [2.24, 2.45) is 5.73 Å². The average molecular weight is 523 g/mol. The van der Waals surface area contributed by atoms with Crippen molar-refractivity contribution in [3.63, 3.8) is 0 Å². The average Bonchev–Trinajstić information content (AvgIpc) is 3.58. The first-order valence-electron chi connectivity index (χ1n) is 12.5. The van der Waals surface area contributed by atoms with Gasteiger partial charge in [0.05, 0.1) is 5.01 Å². The Hall–Kier alpha value is -2.69. The molecule has 2 aromatic carbocycles. The van der Waals surface area contributed by atoms with Crippen LogP contribution in [0, 0.1) is 0 Å². The van der Waals surface area contributed by atoms with Crippen molar-refractivity contribution in [1.29, 1.82) is 0 Å². The molecule has 0 unspecified atom stereocenters. The summed E-state index contributed by atoms with van der Waals surface area (Å²) in [7, 11) is 0. The van der Waals surface area contributed by atoms with Crippen LogP contribution in [0.1, 0.15) is 40.3 Å². The fourth-order valence-electron chi connectivity index (χ4n) is 3.91. The molecule has 1 amide bonds.